The molecule has 1 unspecified atom stereocenters. The zero-order valence-corrected chi connectivity index (χ0v) is 20.2. The Morgan fingerprint density at radius 1 is 1.38 bits per heavy atom. The number of nitrogens with zero attached hydrogens (tertiary/aromatic N) is 5. The number of benzene rings is 1. The fourth-order valence-electron chi connectivity index (χ4n) is 2.87. The van der Waals surface area contributed by atoms with Crippen LogP contribution in [0.2, 0.25) is 0 Å². The predicted octanol–water partition coefficient (Wildman–Crippen LogP) is 3.86. The number of ether oxygens (including phenoxy) is 1. The zero-order valence-electron chi connectivity index (χ0n) is 17.1. The standard InChI is InChI=1S/C20H26N6OS.HI/c1-15(27-4)19-24-17(13-28-19)12-25(3)20(21-2)23-11-16-7-5-6-8-18(16)26-10-9-22-14-26;/h5-10,13-15H,11-12H2,1-4H3,(H,21,23);1H. The third kappa shape index (κ3) is 6.00. The summed E-state index contributed by atoms with van der Waals surface area (Å²) in [6.45, 7) is 3.34. The highest BCUT2D eigenvalue weighted by molar-refractivity contribution is 14.0. The van der Waals surface area contributed by atoms with Gasteiger partial charge in [-0.05, 0) is 18.6 Å². The number of rotatable bonds is 7. The van der Waals surface area contributed by atoms with Crippen molar-refractivity contribution in [1.29, 1.82) is 0 Å². The summed E-state index contributed by atoms with van der Waals surface area (Å²) in [6, 6.07) is 8.26. The molecule has 0 radical (unpaired) electrons. The van der Waals surface area contributed by atoms with Crippen LogP contribution in [0.4, 0.5) is 0 Å². The monoisotopic (exact) mass is 526 g/mol. The van der Waals surface area contributed by atoms with Crippen molar-refractivity contribution >= 4 is 41.3 Å². The van der Waals surface area contributed by atoms with E-state index in [-0.39, 0.29) is 30.1 Å². The second-order valence-corrected chi connectivity index (χ2v) is 7.30. The summed E-state index contributed by atoms with van der Waals surface area (Å²) >= 11 is 1.62. The topological polar surface area (TPSA) is 67.6 Å². The van der Waals surface area contributed by atoms with Gasteiger partial charge in [-0.1, -0.05) is 18.2 Å². The molecular weight excluding hydrogens is 499 g/mol. The lowest BCUT2D eigenvalue weighted by atomic mass is 10.1. The van der Waals surface area contributed by atoms with Gasteiger partial charge in [0.2, 0.25) is 0 Å². The highest BCUT2D eigenvalue weighted by Crippen LogP contribution is 2.21. The van der Waals surface area contributed by atoms with Crippen LogP contribution in [0, 0.1) is 0 Å². The van der Waals surface area contributed by atoms with Gasteiger partial charge in [0, 0.05) is 45.5 Å². The van der Waals surface area contributed by atoms with Gasteiger partial charge in [0.1, 0.15) is 11.1 Å². The highest BCUT2D eigenvalue weighted by Gasteiger charge is 2.13. The summed E-state index contributed by atoms with van der Waals surface area (Å²) < 4.78 is 7.36. The van der Waals surface area contributed by atoms with Crippen molar-refractivity contribution in [3.63, 3.8) is 0 Å². The average molecular weight is 526 g/mol. The van der Waals surface area contributed by atoms with E-state index in [9.17, 15) is 0 Å². The largest absolute Gasteiger partial charge is 0.375 e. The first-order valence-corrected chi connectivity index (χ1v) is 9.95. The molecule has 0 saturated heterocycles. The molecule has 2 aromatic heterocycles. The van der Waals surface area contributed by atoms with Gasteiger partial charge in [-0.2, -0.15) is 0 Å². The number of methoxy groups -OCH3 is 1. The summed E-state index contributed by atoms with van der Waals surface area (Å²) in [5.41, 5.74) is 3.27. The van der Waals surface area contributed by atoms with Gasteiger partial charge in [-0.3, -0.25) is 4.99 Å². The molecule has 0 fully saturated rings. The lowest BCUT2D eigenvalue weighted by molar-refractivity contribution is 0.119. The Morgan fingerprint density at radius 2 is 2.17 bits per heavy atom. The van der Waals surface area contributed by atoms with Gasteiger partial charge in [0.25, 0.3) is 0 Å². The predicted molar refractivity (Wildman–Crippen MR) is 128 cm³/mol. The van der Waals surface area contributed by atoms with Crippen LogP contribution in [0.1, 0.15) is 29.3 Å². The van der Waals surface area contributed by atoms with Gasteiger partial charge in [0.15, 0.2) is 5.96 Å². The van der Waals surface area contributed by atoms with Gasteiger partial charge >= 0.3 is 0 Å². The van der Waals surface area contributed by atoms with Crippen LogP contribution >= 0.6 is 35.3 Å². The minimum absolute atomic E-state index is 0. The molecule has 2 heterocycles. The number of para-hydroxylation sites is 1. The summed E-state index contributed by atoms with van der Waals surface area (Å²) in [6.07, 6.45) is 5.55. The average Bonchev–Trinajstić information content (AvgIpc) is 3.40. The van der Waals surface area contributed by atoms with Gasteiger partial charge in [-0.15, -0.1) is 35.3 Å². The molecule has 0 spiro atoms. The third-order valence-corrected chi connectivity index (χ3v) is 5.51. The molecular formula is C20H27IN6OS. The van der Waals surface area contributed by atoms with E-state index in [1.54, 1.807) is 38.0 Å². The van der Waals surface area contributed by atoms with E-state index in [1.165, 1.54) is 5.56 Å². The van der Waals surface area contributed by atoms with Crippen molar-refractivity contribution in [2.45, 2.75) is 26.1 Å². The Hall–Kier alpha value is -1.98. The fourth-order valence-corrected chi connectivity index (χ4v) is 3.72. The van der Waals surface area contributed by atoms with Gasteiger partial charge < -0.3 is 19.5 Å². The highest BCUT2D eigenvalue weighted by atomic mass is 127. The normalized spacial score (nSPS) is 12.3. The molecule has 156 valence electrons. The molecule has 0 aliphatic heterocycles. The Kier molecular flexibility index (Phi) is 9.05. The van der Waals surface area contributed by atoms with Crippen LogP contribution < -0.4 is 5.32 Å². The van der Waals surface area contributed by atoms with Crippen molar-refractivity contribution < 1.29 is 4.74 Å². The first-order valence-electron chi connectivity index (χ1n) is 9.07. The Labute approximate surface area is 192 Å². The smallest absolute Gasteiger partial charge is 0.194 e. The van der Waals surface area contributed by atoms with Crippen LogP contribution in [0.5, 0.6) is 0 Å². The van der Waals surface area contributed by atoms with E-state index in [0.717, 1.165) is 22.3 Å². The Balaban J connectivity index is 0.00000300. The van der Waals surface area contributed by atoms with Crippen LogP contribution in [0.15, 0.2) is 53.4 Å². The maximum atomic E-state index is 5.34. The van der Waals surface area contributed by atoms with Crippen molar-refractivity contribution in [3.8, 4) is 5.69 Å². The Bertz CT molecular complexity index is 911. The van der Waals surface area contributed by atoms with Crippen molar-refractivity contribution in [2.24, 2.45) is 4.99 Å². The number of hydrogen-bond donors (Lipinski definition) is 1. The maximum absolute atomic E-state index is 5.34. The number of aliphatic imine (C=N–C) groups is 1. The van der Waals surface area contributed by atoms with Crippen molar-refractivity contribution in [3.05, 3.63) is 64.6 Å². The van der Waals surface area contributed by atoms with Crippen LogP contribution in [-0.4, -0.2) is 46.6 Å². The number of thiazole rings is 1. The van der Waals surface area contributed by atoms with Crippen molar-refractivity contribution in [2.75, 3.05) is 21.2 Å². The molecule has 9 heteroatoms. The molecule has 7 nitrogen and oxygen atoms in total. The molecule has 0 bridgehead atoms. The van der Waals surface area contributed by atoms with E-state index in [4.69, 9.17) is 4.74 Å². The second kappa shape index (κ2) is 11.3. The van der Waals surface area contributed by atoms with E-state index in [1.807, 2.05) is 36.9 Å². The van der Waals surface area contributed by atoms with Crippen molar-refractivity contribution in [1.82, 2.24) is 24.8 Å². The Morgan fingerprint density at radius 3 is 2.86 bits per heavy atom. The fraction of sp³-hybridized carbons (Fsp3) is 0.350. The lowest BCUT2D eigenvalue weighted by Gasteiger charge is -2.22. The SMILES string of the molecule is CN=C(NCc1ccccc1-n1ccnc1)N(C)Cc1csc(C(C)OC)n1.I. The number of imidazole rings is 1. The number of halogens is 1. The number of aromatic nitrogens is 3. The molecule has 1 atom stereocenters. The molecule has 0 saturated carbocycles. The van der Waals surface area contributed by atoms with E-state index in [2.05, 4.69) is 42.7 Å². The molecule has 1 aromatic carbocycles. The first-order chi connectivity index (χ1) is 13.6. The molecule has 0 amide bonds. The van der Waals surface area contributed by atoms with Crippen LogP contribution in [0.3, 0.4) is 0 Å². The minimum Gasteiger partial charge on any atom is -0.375 e. The molecule has 1 N–H and O–H groups in total. The van der Waals surface area contributed by atoms with E-state index >= 15 is 0 Å². The second-order valence-electron chi connectivity index (χ2n) is 6.41. The molecule has 3 aromatic rings. The van der Waals surface area contributed by atoms with E-state index in [0.29, 0.717) is 13.1 Å². The summed E-state index contributed by atoms with van der Waals surface area (Å²) in [7, 11) is 5.50. The molecule has 0 aliphatic rings. The maximum Gasteiger partial charge on any atom is 0.194 e. The lowest BCUT2D eigenvalue weighted by Crippen LogP contribution is -2.38. The quantitative estimate of drug-likeness (QED) is 0.288. The van der Waals surface area contributed by atoms with Gasteiger partial charge in [-0.25, -0.2) is 9.97 Å². The van der Waals surface area contributed by atoms with Crippen LogP contribution in [0.25, 0.3) is 5.69 Å². The third-order valence-electron chi connectivity index (χ3n) is 4.45. The molecule has 3 rings (SSSR count). The number of hydrogen-bond acceptors (Lipinski definition) is 5. The summed E-state index contributed by atoms with van der Waals surface area (Å²) in [5.74, 6) is 0.815. The zero-order chi connectivity index (χ0) is 19.9. The molecule has 0 aliphatic carbocycles. The number of nitrogens with one attached hydrogen (secondary N) is 1. The van der Waals surface area contributed by atoms with Gasteiger partial charge in [0.05, 0.1) is 24.3 Å². The first kappa shape index (κ1) is 23.3. The molecule has 29 heavy (non-hydrogen) atoms. The summed E-state index contributed by atoms with van der Waals surface area (Å²) in [4.78, 5) is 15.3. The minimum atomic E-state index is 0. The van der Waals surface area contributed by atoms with Crippen LogP contribution in [-0.2, 0) is 17.8 Å². The summed E-state index contributed by atoms with van der Waals surface area (Å²) in [5, 5.41) is 6.50. The number of guanidine groups is 1. The van der Waals surface area contributed by atoms with E-state index < -0.39 is 0 Å².